The summed E-state index contributed by atoms with van der Waals surface area (Å²) in [5.41, 5.74) is 8.99. The molecule has 1 aliphatic heterocycles. The lowest BCUT2D eigenvalue weighted by molar-refractivity contribution is 0.426. The molecule has 0 saturated heterocycles. The van der Waals surface area contributed by atoms with Crippen molar-refractivity contribution in [3.05, 3.63) is 181 Å². The van der Waals surface area contributed by atoms with Crippen LogP contribution in [0.25, 0.3) is 70.9 Å². The number of fused-ring (bicyclic) bond motifs is 8. The molecule has 0 spiro atoms. The molecular formula is C46H30O. The minimum Gasteiger partial charge on any atom is -0.461 e. The van der Waals surface area contributed by atoms with Gasteiger partial charge < -0.3 is 4.74 Å². The van der Waals surface area contributed by atoms with E-state index in [1.165, 1.54) is 82.0 Å². The van der Waals surface area contributed by atoms with Crippen molar-refractivity contribution < 1.29 is 4.74 Å². The van der Waals surface area contributed by atoms with Gasteiger partial charge in [0.2, 0.25) is 0 Å². The van der Waals surface area contributed by atoms with E-state index in [4.69, 9.17) is 4.74 Å². The van der Waals surface area contributed by atoms with Gasteiger partial charge in [0.25, 0.3) is 0 Å². The Morgan fingerprint density at radius 2 is 1.00 bits per heavy atom. The van der Waals surface area contributed by atoms with E-state index in [9.17, 15) is 0 Å². The Balaban J connectivity index is 1.12. The third kappa shape index (κ3) is 4.10. The molecule has 1 heteroatoms. The highest BCUT2D eigenvalue weighted by Gasteiger charge is 2.34. The lowest BCUT2D eigenvalue weighted by Gasteiger charge is -2.21. The molecule has 220 valence electrons. The summed E-state index contributed by atoms with van der Waals surface area (Å²) < 4.78 is 6.38. The minimum atomic E-state index is 0.225. The fourth-order valence-corrected chi connectivity index (χ4v) is 8.07. The predicted molar refractivity (Wildman–Crippen MR) is 198 cm³/mol. The monoisotopic (exact) mass is 598 g/mol. The van der Waals surface area contributed by atoms with Crippen molar-refractivity contribution in [2.75, 3.05) is 0 Å². The fraction of sp³-hybridized carbons (Fsp3) is 0.0435. The molecule has 0 saturated carbocycles. The topological polar surface area (TPSA) is 9.23 Å². The molecular weight excluding hydrogens is 569 g/mol. The summed E-state index contributed by atoms with van der Waals surface area (Å²) in [6.07, 6.45) is 5.37. The summed E-state index contributed by atoms with van der Waals surface area (Å²) in [7, 11) is 0. The molecule has 0 amide bonds. The molecule has 1 aliphatic carbocycles. The van der Waals surface area contributed by atoms with Gasteiger partial charge in [-0.15, -0.1) is 0 Å². The highest BCUT2D eigenvalue weighted by molar-refractivity contribution is 6.21. The maximum absolute atomic E-state index is 6.38. The Bertz CT molecular complexity index is 2580. The lowest BCUT2D eigenvalue weighted by atomic mass is 9.82. The molecule has 2 aliphatic rings. The zero-order valence-corrected chi connectivity index (χ0v) is 25.8. The number of rotatable bonds is 3. The van der Waals surface area contributed by atoms with Crippen molar-refractivity contribution in [3.63, 3.8) is 0 Å². The van der Waals surface area contributed by atoms with Crippen LogP contribution in [0.1, 0.15) is 23.5 Å². The van der Waals surface area contributed by atoms with Gasteiger partial charge in [-0.05, 0) is 107 Å². The largest absolute Gasteiger partial charge is 0.461 e. The standard InChI is InChI=1S/C46H30O/c1-2-12-31-26-35(21-20-29(31)10-1)45-39-18-7-5-16-37(39)44(38-17-6-8-19-40(38)45)34-14-9-13-32(27-34)33-23-24-42-41(28-33)46-36-15-4-3-11-30(36)22-25-43(46)47-42/h1-27,41H,28H2. The number of ether oxygens (including phenoxy) is 1. The molecule has 0 radical (unpaired) electrons. The van der Waals surface area contributed by atoms with Crippen molar-refractivity contribution >= 4 is 48.7 Å². The molecule has 8 aromatic carbocycles. The van der Waals surface area contributed by atoms with Gasteiger partial charge in [0, 0.05) is 5.56 Å². The Morgan fingerprint density at radius 1 is 0.426 bits per heavy atom. The van der Waals surface area contributed by atoms with Gasteiger partial charge in [-0.25, -0.2) is 0 Å². The molecule has 10 rings (SSSR count). The molecule has 0 N–H and O–H groups in total. The van der Waals surface area contributed by atoms with Crippen LogP contribution in [0.3, 0.4) is 0 Å². The van der Waals surface area contributed by atoms with Crippen molar-refractivity contribution in [1.82, 2.24) is 0 Å². The maximum Gasteiger partial charge on any atom is 0.131 e. The van der Waals surface area contributed by atoms with E-state index in [1.807, 2.05) is 0 Å². The van der Waals surface area contributed by atoms with Gasteiger partial charge in [0.15, 0.2) is 0 Å². The molecule has 1 heterocycles. The highest BCUT2D eigenvalue weighted by Crippen LogP contribution is 2.51. The summed E-state index contributed by atoms with van der Waals surface area (Å²) in [6.45, 7) is 0. The van der Waals surface area contributed by atoms with Gasteiger partial charge in [-0.2, -0.15) is 0 Å². The molecule has 1 nitrogen and oxygen atoms in total. The molecule has 1 atom stereocenters. The van der Waals surface area contributed by atoms with Crippen LogP contribution in [0.15, 0.2) is 170 Å². The van der Waals surface area contributed by atoms with E-state index in [2.05, 4.69) is 164 Å². The van der Waals surface area contributed by atoms with Crippen LogP contribution in [0.2, 0.25) is 0 Å². The van der Waals surface area contributed by atoms with Gasteiger partial charge in [-0.3, -0.25) is 0 Å². The Labute approximate surface area is 273 Å². The predicted octanol–water partition coefficient (Wildman–Crippen LogP) is 12.5. The summed E-state index contributed by atoms with van der Waals surface area (Å²) in [6, 6.07) is 55.5. The highest BCUT2D eigenvalue weighted by atomic mass is 16.5. The van der Waals surface area contributed by atoms with E-state index in [-0.39, 0.29) is 5.92 Å². The van der Waals surface area contributed by atoms with Crippen LogP contribution in [0, 0.1) is 0 Å². The fourth-order valence-electron chi connectivity index (χ4n) is 8.07. The quantitative estimate of drug-likeness (QED) is 0.184. The van der Waals surface area contributed by atoms with Crippen LogP contribution in [0.5, 0.6) is 5.75 Å². The molecule has 1 unspecified atom stereocenters. The van der Waals surface area contributed by atoms with Crippen LogP contribution in [-0.2, 0) is 0 Å². The van der Waals surface area contributed by atoms with E-state index in [1.54, 1.807) is 0 Å². The van der Waals surface area contributed by atoms with Crippen molar-refractivity contribution in [3.8, 4) is 28.0 Å². The van der Waals surface area contributed by atoms with E-state index < -0.39 is 0 Å². The average molecular weight is 599 g/mol. The lowest BCUT2D eigenvalue weighted by Crippen LogP contribution is -2.05. The third-order valence-corrected chi connectivity index (χ3v) is 10.2. The molecule has 0 aromatic heterocycles. The first kappa shape index (κ1) is 26.3. The molecule has 8 aromatic rings. The van der Waals surface area contributed by atoms with Gasteiger partial charge in [-0.1, -0.05) is 140 Å². The van der Waals surface area contributed by atoms with Gasteiger partial charge in [0.05, 0.1) is 5.92 Å². The van der Waals surface area contributed by atoms with E-state index >= 15 is 0 Å². The summed E-state index contributed by atoms with van der Waals surface area (Å²) in [5.74, 6) is 2.27. The second-order valence-corrected chi connectivity index (χ2v) is 12.8. The van der Waals surface area contributed by atoms with Crippen LogP contribution in [0.4, 0.5) is 0 Å². The first-order valence-corrected chi connectivity index (χ1v) is 16.4. The Hall–Kier alpha value is -5.92. The first-order chi connectivity index (χ1) is 23.3. The number of hydrogen-bond acceptors (Lipinski definition) is 1. The number of hydrogen-bond donors (Lipinski definition) is 0. The summed E-state index contributed by atoms with van der Waals surface area (Å²) in [4.78, 5) is 0. The first-order valence-electron chi connectivity index (χ1n) is 16.4. The van der Waals surface area contributed by atoms with Crippen molar-refractivity contribution in [1.29, 1.82) is 0 Å². The van der Waals surface area contributed by atoms with Gasteiger partial charge >= 0.3 is 0 Å². The van der Waals surface area contributed by atoms with Crippen LogP contribution < -0.4 is 4.74 Å². The summed E-state index contributed by atoms with van der Waals surface area (Å²) in [5, 5.41) is 10.2. The zero-order chi connectivity index (χ0) is 30.9. The van der Waals surface area contributed by atoms with Gasteiger partial charge in [0.1, 0.15) is 11.5 Å². The van der Waals surface area contributed by atoms with Crippen LogP contribution >= 0.6 is 0 Å². The SMILES string of the molecule is C1=C(c2cccc(-c3c4ccccc4c(-c4ccc5ccccc5c4)c4ccccc34)c2)CC2C(=C1)Oc1ccc3ccccc3c12. The molecule has 0 fully saturated rings. The maximum atomic E-state index is 6.38. The third-order valence-electron chi connectivity index (χ3n) is 10.2. The van der Waals surface area contributed by atoms with E-state index in [0.717, 1.165) is 17.9 Å². The second kappa shape index (κ2) is 10.3. The Morgan fingerprint density at radius 3 is 1.72 bits per heavy atom. The zero-order valence-electron chi connectivity index (χ0n) is 25.8. The smallest absolute Gasteiger partial charge is 0.131 e. The van der Waals surface area contributed by atoms with Crippen LogP contribution in [-0.4, -0.2) is 0 Å². The summed E-state index contributed by atoms with van der Waals surface area (Å²) >= 11 is 0. The van der Waals surface area contributed by atoms with E-state index in [0.29, 0.717) is 0 Å². The minimum absolute atomic E-state index is 0.225. The normalized spacial score (nSPS) is 15.4. The van der Waals surface area contributed by atoms with Crippen molar-refractivity contribution in [2.24, 2.45) is 0 Å². The van der Waals surface area contributed by atoms with Crippen molar-refractivity contribution in [2.45, 2.75) is 12.3 Å². The number of allylic oxidation sites excluding steroid dienone is 4. The number of benzene rings is 8. The average Bonchev–Trinajstić information content (AvgIpc) is 3.52. The second-order valence-electron chi connectivity index (χ2n) is 12.8. The molecule has 47 heavy (non-hydrogen) atoms. The molecule has 0 bridgehead atoms. The Kier molecular flexibility index (Phi) is 5.77.